The van der Waals surface area contributed by atoms with Crippen LogP contribution in [-0.2, 0) is 30.8 Å². The summed E-state index contributed by atoms with van der Waals surface area (Å²) in [5, 5.41) is 6.03. The molecule has 0 radical (unpaired) electrons. The first-order valence-corrected chi connectivity index (χ1v) is 16.8. The maximum atomic E-state index is 13.9. The molecule has 234 valence electrons. The molecular formula is C32H42FN3O6S. The van der Waals surface area contributed by atoms with E-state index in [0.29, 0.717) is 45.3 Å². The highest BCUT2D eigenvalue weighted by molar-refractivity contribution is 7.89. The fourth-order valence-corrected chi connectivity index (χ4v) is 7.92. The maximum Gasteiger partial charge on any atom is 0.246 e. The molecule has 11 heteroatoms. The summed E-state index contributed by atoms with van der Waals surface area (Å²) in [5.74, 6) is -0.788. The number of carbonyl (C=O) groups excluding carboxylic acids is 2. The quantitative estimate of drug-likeness (QED) is 0.416. The third-order valence-corrected chi connectivity index (χ3v) is 10.6. The molecule has 5 rings (SSSR count). The Hall–Kier alpha value is -3.02. The lowest BCUT2D eigenvalue weighted by molar-refractivity contribution is -0.136. The molecule has 2 saturated heterocycles. The molecule has 2 N–H and O–H groups in total. The van der Waals surface area contributed by atoms with E-state index in [1.54, 1.807) is 6.92 Å². The molecule has 2 atom stereocenters. The molecule has 2 amide bonds. The molecule has 1 unspecified atom stereocenters. The van der Waals surface area contributed by atoms with E-state index in [0.717, 1.165) is 34.5 Å². The number of benzene rings is 2. The second-order valence-corrected chi connectivity index (χ2v) is 14.0. The van der Waals surface area contributed by atoms with Crippen molar-refractivity contribution in [2.24, 2.45) is 0 Å². The largest absolute Gasteiger partial charge is 0.490 e. The van der Waals surface area contributed by atoms with Crippen molar-refractivity contribution < 1.29 is 31.9 Å². The molecule has 3 aliphatic rings. The molecule has 2 aliphatic heterocycles. The summed E-state index contributed by atoms with van der Waals surface area (Å²) in [7, 11) is -4.15. The van der Waals surface area contributed by atoms with Crippen LogP contribution in [0.5, 0.6) is 5.75 Å². The number of ether oxygens (including phenoxy) is 2. The van der Waals surface area contributed by atoms with Gasteiger partial charge in [-0.15, -0.1) is 0 Å². The van der Waals surface area contributed by atoms with E-state index in [1.165, 1.54) is 31.0 Å². The summed E-state index contributed by atoms with van der Waals surface area (Å²) >= 11 is 0. The molecule has 2 heterocycles. The Morgan fingerprint density at radius 3 is 2.40 bits per heavy atom. The van der Waals surface area contributed by atoms with E-state index < -0.39 is 33.3 Å². The zero-order valence-electron chi connectivity index (χ0n) is 24.7. The van der Waals surface area contributed by atoms with Crippen LogP contribution >= 0.6 is 0 Å². The number of carbonyl (C=O) groups is 2. The SMILES string of the molecule is C[C@@](Cc1ccc(OC2CCCC2)cc1)(NC(=O)C1CCCCN1S(=O)(=O)c1cccc(F)c1)C(=O)NC1CCOCC1. The van der Waals surface area contributed by atoms with Crippen LogP contribution in [0.1, 0.15) is 70.3 Å². The molecular weight excluding hydrogens is 573 g/mol. The van der Waals surface area contributed by atoms with Gasteiger partial charge < -0.3 is 20.1 Å². The van der Waals surface area contributed by atoms with Crippen molar-refractivity contribution >= 4 is 21.8 Å². The Bertz CT molecular complexity index is 1380. The molecule has 0 bridgehead atoms. The van der Waals surface area contributed by atoms with Crippen LogP contribution in [0.2, 0.25) is 0 Å². The highest BCUT2D eigenvalue weighted by Gasteiger charge is 2.43. The van der Waals surface area contributed by atoms with Gasteiger partial charge in [-0.2, -0.15) is 4.31 Å². The number of halogens is 1. The van der Waals surface area contributed by atoms with Gasteiger partial charge >= 0.3 is 0 Å². The molecule has 1 saturated carbocycles. The number of nitrogens with zero attached hydrogens (tertiary/aromatic N) is 1. The molecule has 1 aliphatic carbocycles. The molecule has 0 aromatic heterocycles. The smallest absolute Gasteiger partial charge is 0.246 e. The van der Waals surface area contributed by atoms with E-state index in [-0.39, 0.29) is 35.9 Å². The van der Waals surface area contributed by atoms with Crippen molar-refractivity contribution in [2.45, 2.75) is 99.8 Å². The summed E-state index contributed by atoms with van der Waals surface area (Å²) < 4.78 is 53.7. The van der Waals surface area contributed by atoms with Gasteiger partial charge in [0.15, 0.2) is 0 Å². The van der Waals surface area contributed by atoms with Crippen LogP contribution in [0, 0.1) is 5.82 Å². The van der Waals surface area contributed by atoms with E-state index in [2.05, 4.69) is 10.6 Å². The minimum absolute atomic E-state index is 0.0841. The maximum absolute atomic E-state index is 13.9. The number of nitrogens with one attached hydrogen (secondary N) is 2. The Morgan fingerprint density at radius 2 is 1.70 bits per heavy atom. The highest BCUT2D eigenvalue weighted by Crippen LogP contribution is 2.28. The van der Waals surface area contributed by atoms with Crippen LogP contribution < -0.4 is 15.4 Å². The molecule has 2 aromatic carbocycles. The summed E-state index contributed by atoms with van der Waals surface area (Å²) in [6, 6.07) is 11.3. The van der Waals surface area contributed by atoms with Gasteiger partial charge in [0.25, 0.3) is 0 Å². The lowest BCUT2D eigenvalue weighted by Crippen LogP contribution is -2.63. The van der Waals surface area contributed by atoms with Crippen molar-refractivity contribution in [3.63, 3.8) is 0 Å². The standard InChI is InChI=1S/C32H42FN3O6S/c1-32(31(38)34-25-16-19-41-20-17-25,22-23-12-14-27(15-13-23)42-26-8-2-3-9-26)35-30(37)29-11-4-5-18-36(29)43(39,40)28-10-6-7-24(33)21-28/h6-7,10,12-15,21,25-26,29H,2-5,8-9,11,16-20,22H2,1H3,(H,34,38)(H,35,37)/t29?,32-/m0/s1. The van der Waals surface area contributed by atoms with E-state index >= 15 is 0 Å². The summed E-state index contributed by atoms with van der Waals surface area (Å²) in [6.07, 6.45) is 7.73. The second-order valence-electron chi connectivity index (χ2n) is 12.1. The van der Waals surface area contributed by atoms with Gasteiger partial charge in [-0.05, 0) is 94.2 Å². The van der Waals surface area contributed by atoms with Crippen molar-refractivity contribution in [3.8, 4) is 5.75 Å². The van der Waals surface area contributed by atoms with Crippen LogP contribution in [0.15, 0.2) is 53.4 Å². The first-order chi connectivity index (χ1) is 20.6. The van der Waals surface area contributed by atoms with Crippen LogP contribution in [0.25, 0.3) is 0 Å². The van der Waals surface area contributed by atoms with Gasteiger partial charge in [0.1, 0.15) is 23.1 Å². The predicted molar refractivity (Wildman–Crippen MR) is 159 cm³/mol. The number of piperidine rings is 1. The molecule has 0 spiro atoms. The van der Waals surface area contributed by atoms with Gasteiger partial charge in [-0.3, -0.25) is 9.59 Å². The van der Waals surface area contributed by atoms with E-state index in [9.17, 15) is 22.4 Å². The number of sulfonamides is 1. The van der Waals surface area contributed by atoms with Crippen LogP contribution in [-0.4, -0.2) is 68.0 Å². The van der Waals surface area contributed by atoms with Crippen molar-refractivity contribution in [1.82, 2.24) is 14.9 Å². The fourth-order valence-electron chi connectivity index (χ4n) is 6.23. The van der Waals surface area contributed by atoms with Gasteiger partial charge in [-0.1, -0.05) is 24.6 Å². The Morgan fingerprint density at radius 1 is 1.00 bits per heavy atom. The topological polar surface area (TPSA) is 114 Å². The summed E-state index contributed by atoms with van der Waals surface area (Å²) in [4.78, 5) is 27.5. The first-order valence-electron chi connectivity index (χ1n) is 15.4. The van der Waals surface area contributed by atoms with Crippen molar-refractivity contribution in [3.05, 3.63) is 59.9 Å². The van der Waals surface area contributed by atoms with E-state index in [1.807, 2.05) is 24.3 Å². The van der Waals surface area contributed by atoms with Crippen molar-refractivity contribution in [2.75, 3.05) is 19.8 Å². The highest BCUT2D eigenvalue weighted by atomic mass is 32.2. The average Bonchev–Trinajstić information content (AvgIpc) is 3.52. The Balaban J connectivity index is 1.36. The third-order valence-electron chi connectivity index (χ3n) is 8.70. The lowest BCUT2D eigenvalue weighted by atomic mass is 9.90. The zero-order chi connectivity index (χ0) is 30.5. The molecule has 2 aromatic rings. The monoisotopic (exact) mass is 615 g/mol. The van der Waals surface area contributed by atoms with Crippen LogP contribution in [0.3, 0.4) is 0 Å². The van der Waals surface area contributed by atoms with Gasteiger partial charge in [-0.25, -0.2) is 12.8 Å². The lowest BCUT2D eigenvalue weighted by Gasteiger charge is -2.38. The van der Waals surface area contributed by atoms with Gasteiger partial charge in [0.05, 0.1) is 11.0 Å². The third kappa shape index (κ3) is 7.74. The van der Waals surface area contributed by atoms with E-state index in [4.69, 9.17) is 9.47 Å². The first kappa shape index (κ1) is 31.4. The molecule has 9 nitrogen and oxygen atoms in total. The number of amides is 2. The van der Waals surface area contributed by atoms with Crippen molar-refractivity contribution in [1.29, 1.82) is 0 Å². The summed E-state index contributed by atoms with van der Waals surface area (Å²) in [5.41, 5.74) is -0.536. The Kier molecular flexibility index (Phi) is 10.0. The van der Waals surface area contributed by atoms with Crippen LogP contribution in [0.4, 0.5) is 4.39 Å². The minimum atomic E-state index is -4.15. The van der Waals surface area contributed by atoms with Gasteiger partial charge in [0.2, 0.25) is 21.8 Å². The second kappa shape index (κ2) is 13.7. The normalized spacial score (nSPS) is 22.0. The average molecular weight is 616 g/mol. The number of hydrogen-bond donors (Lipinski definition) is 2. The fraction of sp³-hybridized carbons (Fsp3) is 0.562. The van der Waals surface area contributed by atoms with Gasteiger partial charge in [0, 0.05) is 32.2 Å². The number of rotatable bonds is 10. The molecule has 3 fully saturated rings. The predicted octanol–water partition coefficient (Wildman–Crippen LogP) is 4.10. The molecule has 43 heavy (non-hydrogen) atoms. The minimum Gasteiger partial charge on any atom is -0.490 e. The number of hydrogen-bond acceptors (Lipinski definition) is 6. The summed E-state index contributed by atoms with van der Waals surface area (Å²) in [6.45, 7) is 2.90. The zero-order valence-corrected chi connectivity index (χ0v) is 25.5. The Labute approximate surface area is 253 Å².